The quantitative estimate of drug-likeness (QED) is 0.475. The number of hydrogen-bond donors (Lipinski definition) is 2. The van der Waals surface area contributed by atoms with Gasteiger partial charge in [0.05, 0.1) is 0 Å². The Hall–Kier alpha value is -3.60. The van der Waals surface area contributed by atoms with E-state index in [1.54, 1.807) is 18.2 Å². The Kier molecular flexibility index (Phi) is 5.56. The Morgan fingerprint density at radius 2 is 1.79 bits per heavy atom. The van der Waals surface area contributed by atoms with Gasteiger partial charge in [0.2, 0.25) is 0 Å². The predicted molar refractivity (Wildman–Crippen MR) is 112 cm³/mol. The SMILES string of the molecule is O=C(NCCc1c[nH]c2ccc(F)cc12)c1ccc(COc2ccccc2)cc1. The molecule has 0 aliphatic heterocycles. The Morgan fingerprint density at radius 1 is 1.00 bits per heavy atom. The summed E-state index contributed by atoms with van der Waals surface area (Å²) in [6.45, 7) is 0.921. The Balaban J connectivity index is 1.29. The third kappa shape index (κ3) is 4.63. The van der Waals surface area contributed by atoms with Gasteiger partial charge in [0, 0.05) is 29.2 Å². The third-order valence-electron chi connectivity index (χ3n) is 4.77. The number of aromatic amines is 1. The molecule has 1 amide bonds. The van der Waals surface area contributed by atoms with Crippen molar-refractivity contribution in [2.75, 3.05) is 6.54 Å². The van der Waals surface area contributed by atoms with Crippen LogP contribution in [0.15, 0.2) is 79.0 Å². The van der Waals surface area contributed by atoms with Crippen molar-refractivity contribution in [2.45, 2.75) is 13.0 Å². The van der Waals surface area contributed by atoms with E-state index in [0.29, 0.717) is 25.1 Å². The van der Waals surface area contributed by atoms with Gasteiger partial charge < -0.3 is 15.0 Å². The zero-order chi connectivity index (χ0) is 20.1. The summed E-state index contributed by atoms with van der Waals surface area (Å²) in [5, 5.41) is 3.77. The first kappa shape index (κ1) is 18.7. The maximum atomic E-state index is 13.5. The number of nitrogens with one attached hydrogen (secondary N) is 2. The van der Waals surface area contributed by atoms with E-state index in [9.17, 15) is 9.18 Å². The average Bonchev–Trinajstić information content (AvgIpc) is 3.15. The summed E-state index contributed by atoms with van der Waals surface area (Å²) in [6.07, 6.45) is 2.48. The highest BCUT2D eigenvalue weighted by atomic mass is 19.1. The van der Waals surface area contributed by atoms with Crippen LogP contribution in [0.1, 0.15) is 21.5 Å². The Bertz CT molecular complexity index is 1100. The van der Waals surface area contributed by atoms with E-state index < -0.39 is 0 Å². The van der Waals surface area contributed by atoms with Crippen molar-refractivity contribution in [1.29, 1.82) is 0 Å². The predicted octanol–water partition coefficient (Wildman–Crippen LogP) is 4.86. The number of rotatable bonds is 7. The molecular formula is C24H21FN2O2. The van der Waals surface area contributed by atoms with E-state index in [-0.39, 0.29) is 11.7 Å². The molecule has 0 aliphatic carbocycles. The van der Waals surface area contributed by atoms with Crippen molar-refractivity contribution in [1.82, 2.24) is 10.3 Å². The van der Waals surface area contributed by atoms with Crippen molar-refractivity contribution in [3.63, 3.8) is 0 Å². The van der Waals surface area contributed by atoms with Crippen LogP contribution in [0.4, 0.5) is 4.39 Å². The highest BCUT2D eigenvalue weighted by molar-refractivity contribution is 5.94. The molecule has 0 atom stereocenters. The van der Waals surface area contributed by atoms with Crippen LogP contribution in [0, 0.1) is 5.82 Å². The van der Waals surface area contributed by atoms with Crippen LogP contribution in [0.2, 0.25) is 0 Å². The van der Waals surface area contributed by atoms with Crippen LogP contribution >= 0.6 is 0 Å². The monoisotopic (exact) mass is 388 g/mol. The lowest BCUT2D eigenvalue weighted by atomic mass is 10.1. The number of amides is 1. The molecular weight excluding hydrogens is 367 g/mol. The fourth-order valence-electron chi connectivity index (χ4n) is 3.21. The highest BCUT2D eigenvalue weighted by Crippen LogP contribution is 2.19. The van der Waals surface area contributed by atoms with Crippen LogP contribution in [0.25, 0.3) is 10.9 Å². The van der Waals surface area contributed by atoms with Gasteiger partial charge in [-0.2, -0.15) is 0 Å². The first-order valence-electron chi connectivity index (χ1n) is 9.49. The fraction of sp³-hybridized carbons (Fsp3) is 0.125. The van der Waals surface area contributed by atoms with E-state index in [0.717, 1.165) is 27.8 Å². The molecule has 0 radical (unpaired) electrons. The number of carbonyl (C=O) groups is 1. The molecule has 1 heterocycles. The molecule has 4 rings (SSSR count). The summed E-state index contributed by atoms with van der Waals surface area (Å²) in [7, 11) is 0. The minimum absolute atomic E-state index is 0.133. The van der Waals surface area contributed by atoms with Gasteiger partial charge in [-0.25, -0.2) is 4.39 Å². The molecule has 0 aliphatic rings. The standard InChI is InChI=1S/C24H21FN2O2/c25-20-10-11-23-22(14-20)19(15-27-23)12-13-26-24(28)18-8-6-17(7-9-18)16-29-21-4-2-1-3-5-21/h1-11,14-15,27H,12-13,16H2,(H,26,28). The molecule has 1 aromatic heterocycles. The van der Waals surface area contributed by atoms with Crippen LogP contribution in [0.5, 0.6) is 5.75 Å². The van der Waals surface area contributed by atoms with E-state index in [4.69, 9.17) is 4.74 Å². The topological polar surface area (TPSA) is 54.1 Å². The van der Waals surface area contributed by atoms with Crippen molar-refractivity contribution < 1.29 is 13.9 Å². The van der Waals surface area contributed by atoms with Crippen LogP contribution in [-0.4, -0.2) is 17.4 Å². The summed E-state index contributed by atoms with van der Waals surface area (Å²) in [6, 6.07) is 21.6. The van der Waals surface area contributed by atoms with E-state index in [1.807, 2.05) is 48.7 Å². The van der Waals surface area contributed by atoms with Crippen molar-refractivity contribution in [2.24, 2.45) is 0 Å². The third-order valence-corrected chi connectivity index (χ3v) is 4.77. The van der Waals surface area contributed by atoms with Crippen LogP contribution in [-0.2, 0) is 13.0 Å². The molecule has 0 fully saturated rings. The van der Waals surface area contributed by atoms with Crippen molar-refractivity contribution in [3.8, 4) is 5.75 Å². The smallest absolute Gasteiger partial charge is 0.251 e. The van der Waals surface area contributed by atoms with Crippen molar-refractivity contribution >= 4 is 16.8 Å². The number of halogens is 1. The molecule has 0 saturated heterocycles. The summed E-state index contributed by atoms with van der Waals surface area (Å²) >= 11 is 0. The number of benzene rings is 3. The molecule has 0 unspecified atom stereocenters. The molecule has 5 heteroatoms. The Labute approximate surface area is 168 Å². The number of carbonyl (C=O) groups excluding carboxylic acids is 1. The number of fused-ring (bicyclic) bond motifs is 1. The van der Waals surface area contributed by atoms with Gasteiger partial charge in [-0.05, 0) is 60.0 Å². The zero-order valence-corrected chi connectivity index (χ0v) is 15.8. The van der Waals surface area contributed by atoms with Gasteiger partial charge in [-0.1, -0.05) is 30.3 Å². The summed E-state index contributed by atoms with van der Waals surface area (Å²) in [4.78, 5) is 15.5. The molecule has 4 aromatic rings. The van der Waals surface area contributed by atoms with Gasteiger partial charge in [-0.15, -0.1) is 0 Å². The van der Waals surface area contributed by atoms with E-state index in [2.05, 4.69) is 10.3 Å². The second-order valence-electron chi connectivity index (χ2n) is 6.81. The lowest BCUT2D eigenvalue weighted by Crippen LogP contribution is -2.25. The molecule has 0 bridgehead atoms. The lowest BCUT2D eigenvalue weighted by Gasteiger charge is -2.08. The molecule has 3 aromatic carbocycles. The number of para-hydroxylation sites is 1. The van der Waals surface area contributed by atoms with Crippen molar-refractivity contribution in [3.05, 3.63) is 102 Å². The maximum absolute atomic E-state index is 13.5. The molecule has 29 heavy (non-hydrogen) atoms. The largest absolute Gasteiger partial charge is 0.489 e. The summed E-state index contributed by atoms with van der Waals surface area (Å²) in [5.41, 5.74) is 3.46. The van der Waals surface area contributed by atoms with Gasteiger partial charge in [0.15, 0.2) is 0 Å². The van der Waals surface area contributed by atoms with E-state index >= 15 is 0 Å². The molecule has 0 saturated carbocycles. The second-order valence-corrected chi connectivity index (χ2v) is 6.81. The first-order chi connectivity index (χ1) is 14.2. The van der Waals surface area contributed by atoms with Gasteiger partial charge in [0.1, 0.15) is 18.2 Å². The van der Waals surface area contributed by atoms with Crippen LogP contribution in [0.3, 0.4) is 0 Å². The molecule has 0 spiro atoms. The minimum atomic E-state index is -0.265. The number of hydrogen-bond acceptors (Lipinski definition) is 2. The first-order valence-corrected chi connectivity index (χ1v) is 9.49. The molecule has 4 nitrogen and oxygen atoms in total. The molecule has 146 valence electrons. The van der Waals surface area contributed by atoms with E-state index in [1.165, 1.54) is 12.1 Å². The summed E-state index contributed by atoms with van der Waals surface area (Å²) < 4.78 is 19.2. The second kappa shape index (κ2) is 8.61. The maximum Gasteiger partial charge on any atom is 0.251 e. The average molecular weight is 388 g/mol. The number of H-pyrrole nitrogens is 1. The van der Waals surface area contributed by atoms with Gasteiger partial charge in [-0.3, -0.25) is 4.79 Å². The van der Waals surface area contributed by atoms with Gasteiger partial charge >= 0.3 is 0 Å². The highest BCUT2D eigenvalue weighted by Gasteiger charge is 2.08. The fourth-order valence-corrected chi connectivity index (χ4v) is 3.21. The zero-order valence-electron chi connectivity index (χ0n) is 15.8. The number of aromatic nitrogens is 1. The normalized spacial score (nSPS) is 10.8. The lowest BCUT2D eigenvalue weighted by molar-refractivity contribution is 0.0954. The Morgan fingerprint density at radius 3 is 2.59 bits per heavy atom. The number of ether oxygens (including phenoxy) is 1. The molecule has 2 N–H and O–H groups in total. The minimum Gasteiger partial charge on any atom is -0.489 e. The van der Waals surface area contributed by atoms with Gasteiger partial charge in [0.25, 0.3) is 5.91 Å². The summed E-state index contributed by atoms with van der Waals surface area (Å²) in [5.74, 6) is 0.414. The van der Waals surface area contributed by atoms with Crippen LogP contribution < -0.4 is 10.1 Å².